The molecule has 2 aromatic rings. The number of H-pyrrole nitrogens is 1. The summed E-state index contributed by atoms with van der Waals surface area (Å²) in [6.07, 6.45) is 9.09. The van der Waals surface area contributed by atoms with Gasteiger partial charge in [0, 0.05) is 19.2 Å². The summed E-state index contributed by atoms with van der Waals surface area (Å²) in [6.45, 7) is 19.9. The number of aliphatic hydroxyl groups excluding tert-OH is 1. The number of nitrogens with one attached hydrogen (secondary N) is 1. The number of fused-ring (bicyclic) bond motifs is 1. The lowest BCUT2D eigenvalue weighted by Gasteiger charge is -2.13. The SMILES string of the molecule is C#C[C@H](C)C[C@@H](CO)OC.C=C.C=C.CC.Cc1c[nH]c2ncnc(N)c12. The van der Waals surface area contributed by atoms with Gasteiger partial charge in [0.2, 0.25) is 0 Å². The highest BCUT2D eigenvalue weighted by atomic mass is 16.5. The van der Waals surface area contributed by atoms with Gasteiger partial charge in [-0.25, -0.2) is 9.97 Å². The van der Waals surface area contributed by atoms with E-state index in [-0.39, 0.29) is 18.6 Å². The molecule has 4 N–H and O–H groups in total. The molecule has 6 nitrogen and oxygen atoms in total. The van der Waals surface area contributed by atoms with Crippen molar-refractivity contribution in [2.45, 2.75) is 40.2 Å². The van der Waals surface area contributed by atoms with E-state index in [0.717, 1.165) is 23.0 Å². The zero-order valence-electron chi connectivity index (χ0n) is 17.5. The van der Waals surface area contributed by atoms with Crippen LogP contribution in [0, 0.1) is 25.2 Å². The molecule has 2 atom stereocenters. The highest BCUT2D eigenvalue weighted by Crippen LogP contribution is 2.18. The van der Waals surface area contributed by atoms with Gasteiger partial charge in [-0.3, -0.25) is 0 Å². The second kappa shape index (κ2) is 19.7. The van der Waals surface area contributed by atoms with E-state index in [2.05, 4.69) is 47.2 Å². The summed E-state index contributed by atoms with van der Waals surface area (Å²) in [6, 6.07) is 0. The molecule has 0 amide bonds. The van der Waals surface area contributed by atoms with Crippen LogP contribution in [0.25, 0.3) is 11.0 Å². The fourth-order valence-electron chi connectivity index (χ4n) is 1.85. The second-order valence-electron chi connectivity index (χ2n) is 4.80. The molecule has 0 aliphatic rings. The molecular weight excluding hydrogens is 340 g/mol. The van der Waals surface area contributed by atoms with E-state index in [9.17, 15) is 0 Å². The Kier molecular flexibility index (Phi) is 21.3. The lowest BCUT2D eigenvalue weighted by atomic mass is 10.1. The monoisotopic (exact) mass is 376 g/mol. The number of nitrogens with zero attached hydrogens (tertiary/aromatic N) is 2. The Balaban J connectivity index is -0.000000336. The van der Waals surface area contributed by atoms with Crippen molar-refractivity contribution in [1.29, 1.82) is 0 Å². The zero-order chi connectivity index (χ0) is 21.8. The number of aryl methyl sites for hydroxylation is 1. The standard InChI is InChI=1S/C8H14O2.C7H8N4.C2H6.2C2H4/c1-4-7(2)5-8(6-9)10-3;1-4-2-9-7-5(4)6(8)10-3-11-7;3*1-2/h1,7-9H,5-6H2,2-3H3;2-3H,1H3,(H3,8,9,10,11);1-2H3;2*1-2H2/t7-,8-;;;;/m0..../s1. The molecule has 0 spiro atoms. The number of nitrogens with two attached hydrogens (primary N) is 1. The van der Waals surface area contributed by atoms with Gasteiger partial charge < -0.3 is 20.6 Å². The van der Waals surface area contributed by atoms with Gasteiger partial charge in [0.15, 0.2) is 0 Å². The van der Waals surface area contributed by atoms with Crippen LogP contribution in [0.1, 0.15) is 32.8 Å². The van der Waals surface area contributed by atoms with Gasteiger partial charge in [0.05, 0.1) is 18.1 Å². The Morgan fingerprint density at radius 2 is 1.85 bits per heavy atom. The number of rotatable bonds is 4. The molecule has 2 heterocycles. The van der Waals surface area contributed by atoms with Crippen molar-refractivity contribution in [2.24, 2.45) is 5.92 Å². The number of hydrogen-bond donors (Lipinski definition) is 3. The number of aliphatic hydroxyl groups is 1. The molecule has 0 aliphatic heterocycles. The van der Waals surface area contributed by atoms with Crippen LogP contribution in [-0.4, -0.2) is 39.9 Å². The maximum absolute atomic E-state index is 8.68. The number of methoxy groups -OCH3 is 1. The van der Waals surface area contributed by atoms with Crippen molar-refractivity contribution < 1.29 is 9.84 Å². The van der Waals surface area contributed by atoms with Crippen LogP contribution in [0.15, 0.2) is 38.8 Å². The van der Waals surface area contributed by atoms with E-state index < -0.39 is 0 Å². The quantitative estimate of drug-likeness (QED) is 0.550. The molecule has 0 saturated carbocycles. The Hall–Kier alpha value is -2.62. The summed E-state index contributed by atoms with van der Waals surface area (Å²) in [5, 5.41) is 9.60. The summed E-state index contributed by atoms with van der Waals surface area (Å²) in [7, 11) is 1.57. The van der Waals surface area contributed by atoms with E-state index in [1.807, 2.05) is 33.9 Å². The average Bonchev–Trinajstić information content (AvgIpc) is 3.13. The smallest absolute Gasteiger partial charge is 0.143 e. The number of aromatic amines is 1. The first-order valence-corrected chi connectivity index (χ1v) is 8.67. The van der Waals surface area contributed by atoms with Crippen LogP contribution in [0.2, 0.25) is 0 Å². The summed E-state index contributed by atoms with van der Waals surface area (Å²) in [5.74, 6) is 3.29. The molecule has 0 aromatic carbocycles. The summed E-state index contributed by atoms with van der Waals surface area (Å²) < 4.78 is 4.93. The van der Waals surface area contributed by atoms with E-state index in [1.54, 1.807) is 7.11 Å². The number of ether oxygens (including phenoxy) is 1. The van der Waals surface area contributed by atoms with Crippen LogP contribution in [-0.2, 0) is 4.74 Å². The zero-order valence-corrected chi connectivity index (χ0v) is 17.5. The van der Waals surface area contributed by atoms with Gasteiger partial charge in [-0.2, -0.15) is 0 Å². The van der Waals surface area contributed by atoms with E-state index in [1.165, 1.54) is 6.33 Å². The maximum atomic E-state index is 8.68. The highest BCUT2D eigenvalue weighted by Gasteiger charge is 2.08. The van der Waals surface area contributed by atoms with E-state index >= 15 is 0 Å². The minimum absolute atomic E-state index is 0.0442. The lowest BCUT2D eigenvalue weighted by molar-refractivity contribution is 0.0379. The normalized spacial score (nSPS) is 10.7. The number of terminal acetylenes is 1. The second-order valence-corrected chi connectivity index (χ2v) is 4.80. The summed E-state index contributed by atoms with van der Waals surface area (Å²) >= 11 is 0. The van der Waals surface area contributed by atoms with Gasteiger partial charge >= 0.3 is 0 Å². The van der Waals surface area contributed by atoms with Gasteiger partial charge in [0.25, 0.3) is 0 Å². The van der Waals surface area contributed by atoms with Crippen LogP contribution in [0.5, 0.6) is 0 Å². The van der Waals surface area contributed by atoms with Crippen molar-refractivity contribution in [3.63, 3.8) is 0 Å². The lowest BCUT2D eigenvalue weighted by Crippen LogP contribution is -2.18. The van der Waals surface area contributed by atoms with Crippen molar-refractivity contribution in [2.75, 3.05) is 19.5 Å². The molecule has 2 rings (SSSR count). The number of aromatic nitrogens is 3. The predicted octanol–water partition coefficient (Wildman–Crippen LogP) is 4.13. The van der Waals surface area contributed by atoms with Gasteiger partial charge in [-0.05, 0) is 18.9 Å². The molecule has 0 aliphatic carbocycles. The first-order chi connectivity index (χ1) is 13.0. The van der Waals surface area contributed by atoms with Crippen LogP contribution >= 0.6 is 0 Å². The van der Waals surface area contributed by atoms with E-state index in [4.69, 9.17) is 22.0 Å². The Bertz CT molecular complexity index is 629. The summed E-state index contributed by atoms with van der Waals surface area (Å²) in [4.78, 5) is 10.9. The molecule has 0 radical (unpaired) electrons. The van der Waals surface area contributed by atoms with Gasteiger partial charge in [-0.15, -0.1) is 38.7 Å². The van der Waals surface area contributed by atoms with E-state index in [0.29, 0.717) is 5.82 Å². The predicted molar refractivity (Wildman–Crippen MR) is 117 cm³/mol. The topological polar surface area (TPSA) is 97.0 Å². The molecule has 0 unspecified atom stereocenters. The minimum atomic E-state index is -0.106. The first-order valence-electron chi connectivity index (χ1n) is 8.67. The fraction of sp³-hybridized carbons (Fsp3) is 0.429. The van der Waals surface area contributed by atoms with Crippen LogP contribution in [0.3, 0.4) is 0 Å². The fourth-order valence-corrected chi connectivity index (χ4v) is 1.85. The Labute approximate surface area is 164 Å². The average molecular weight is 377 g/mol. The Morgan fingerprint density at radius 1 is 1.30 bits per heavy atom. The molecule has 0 fully saturated rings. The largest absolute Gasteiger partial charge is 0.394 e. The van der Waals surface area contributed by atoms with Crippen molar-refractivity contribution >= 4 is 16.9 Å². The third kappa shape index (κ3) is 11.6. The summed E-state index contributed by atoms with van der Waals surface area (Å²) in [5.41, 5.74) is 7.51. The van der Waals surface area contributed by atoms with Gasteiger partial charge in [-0.1, -0.05) is 20.8 Å². The first kappa shape index (κ1) is 29.2. The molecule has 0 bridgehead atoms. The van der Waals surface area contributed by atoms with Crippen LogP contribution in [0.4, 0.5) is 5.82 Å². The van der Waals surface area contributed by atoms with Crippen molar-refractivity contribution in [3.8, 4) is 12.3 Å². The molecule has 0 saturated heterocycles. The highest BCUT2D eigenvalue weighted by molar-refractivity contribution is 5.88. The third-order valence-electron chi connectivity index (χ3n) is 3.13. The molecular formula is C21H36N4O2. The van der Waals surface area contributed by atoms with Crippen molar-refractivity contribution in [3.05, 3.63) is 44.4 Å². The number of anilines is 1. The minimum Gasteiger partial charge on any atom is -0.394 e. The Morgan fingerprint density at radius 3 is 2.26 bits per heavy atom. The number of nitrogen functional groups attached to an aromatic ring is 1. The molecule has 2 aromatic heterocycles. The van der Waals surface area contributed by atoms with Crippen molar-refractivity contribution in [1.82, 2.24) is 15.0 Å². The third-order valence-corrected chi connectivity index (χ3v) is 3.13. The molecule has 27 heavy (non-hydrogen) atoms. The number of hydrogen-bond acceptors (Lipinski definition) is 5. The molecule has 6 heteroatoms. The van der Waals surface area contributed by atoms with Crippen LogP contribution < -0.4 is 5.73 Å². The maximum Gasteiger partial charge on any atom is 0.143 e. The molecule has 152 valence electrons. The van der Waals surface area contributed by atoms with Gasteiger partial charge in [0.1, 0.15) is 17.8 Å².